The molecule has 6 nitrogen and oxygen atoms in total. The first-order valence-corrected chi connectivity index (χ1v) is 8.39. The largest absolute Gasteiger partial charge is 0.496 e. The van der Waals surface area contributed by atoms with E-state index in [1.54, 1.807) is 24.5 Å². The predicted octanol–water partition coefficient (Wildman–Crippen LogP) is 2.45. The molecule has 0 atom stereocenters. The van der Waals surface area contributed by atoms with Crippen molar-refractivity contribution in [2.75, 3.05) is 25.2 Å². The van der Waals surface area contributed by atoms with E-state index in [1.807, 2.05) is 13.0 Å². The third kappa shape index (κ3) is 3.48. The van der Waals surface area contributed by atoms with Crippen molar-refractivity contribution < 1.29 is 17.9 Å². The van der Waals surface area contributed by atoms with E-state index in [0.717, 1.165) is 22.9 Å². The molecule has 0 radical (unpaired) electrons. The second-order valence-corrected chi connectivity index (χ2v) is 6.57. The average molecular weight is 322 g/mol. The number of nitrogens with one attached hydrogen (secondary N) is 1. The van der Waals surface area contributed by atoms with Crippen molar-refractivity contribution in [1.29, 1.82) is 0 Å². The lowest BCUT2D eigenvalue weighted by Crippen LogP contribution is -2.10. The van der Waals surface area contributed by atoms with Crippen molar-refractivity contribution in [3.8, 4) is 22.6 Å². The SMILES string of the molecule is COc1cc(NS(C)(=O)=O)cc(OC)c1-c1cnccc1C. The first-order chi connectivity index (χ1) is 10.4. The molecular weight excluding hydrogens is 304 g/mol. The molecule has 1 aromatic carbocycles. The number of pyridine rings is 1. The van der Waals surface area contributed by atoms with Crippen molar-refractivity contribution in [2.45, 2.75) is 6.92 Å². The zero-order valence-electron chi connectivity index (χ0n) is 12.9. The summed E-state index contributed by atoms with van der Waals surface area (Å²) in [5, 5.41) is 0. The molecule has 7 heteroatoms. The second-order valence-electron chi connectivity index (χ2n) is 4.82. The maximum Gasteiger partial charge on any atom is 0.229 e. The minimum atomic E-state index is -3.39. The normalized spacial score (nSPS) is 11.1. The van der Waals surface area contributed by atoms with Gasteiger partial charge in [-0.05, 0) is 18.6 Å². The molecule has 1 aromatic heterocycles. The topological polar surface area (TPSA) is 77.5 Å². The Balaban J connectivity index is 2.66. The minimum Gasteiger partial charge on any atom is -0.496 e. The minimum absolute atomic E-state index is 0.376. The number of anilines is 1. The van der Waals surface area contributed by atoms with Crippen molar-refractivity contribution in [3.63, 3.8) is 0 Å². The van der Waals surface area contributed by atoms with E-state index in [4.69, 9.17) is 9.47 Å². The quantitative estimate of drug-likeness (QED) is 0.915. The Bertz CT molecular complexity index is 763. The van der Waals surface area contributed by atoms with Gasteiger partial charge in [-0.15, -0.1) is 0 Å². The summed E-state index contributed by atoms with van der Waals surface area (Å²) < 4.78 is 36.1. The van der Waals surface area contributed by atoms with Crippen molar-refractivity contribution >= 4 is 15.7 Å². The molecule has 2 aromatic rings. The Labute approximate surface area is 130 Å². The lowest BCUT2D eigenvalue weighted by atomic mass is 10.0. The van der Waals surface area contributed by atoms with Crippen LogP contribution in [0.1, 0.15) is 5.56 Å². The number of sulfonamides is 1. The Morgan fingerprint density at radius 3 is 2.18 bits per heavy atom. The molecule has 22 heavy (non-hydrogen) atoms. The van der Waals surface area contributed by atoms with Crippen LogP contribution in [0.25, 0.3) is 11.1 Å². The van der Waals surface area contributed by atoms with Crippen molar-refractivity contribution in [2.24, 2.45) is 0 Å². The van der Waals surface area contributed by atoms with Crippen LogP contribution in [-0.2, 0) is 10.0 Å². The van der Waals surface area contributed by atoms with Crippen LogP contribution in [0.4, 0.5) is 5.69 Å². The number of hydrogen-bond donors (Lipinski definition) is 1. The smallest absolute Gasteiger partial charge is 0.229 e. The van der Waals surface area contributed by atoms with Crippen LogP contribution in [0.3, 0.4) is 0 Å². The maximum atomic E-state index is 11.4. The molecule has 0 spiro atoms. The average Bonchev–Trinajstić information content (AvgIpc) is 2.45. The molecule has 0 aliphatic heterocycles. The molecule has 0 fully saturated rings. The van der Waals surface area contributed by atoms with Gasteiger partial charge in [0.05, 0.1) is 31.7 Å². The summed E-state index contributed by atoms with van der Waals surface area (Å²) >= 11 is 0. The van der Waals surface area contributed by atoms with Crippen LogP contribution in [0.5, 0.6) is 11.5 Å². The molecule has 2 rings (SSSR count). The molecule has 0 bridgehead atoms. The Kier molecular flexibility index (Phi) is 4.56. The van der Waals surface area contributed by atoms with Gasteiger partial charge < -0.3 is 9.47 Å². The zero-order valence-corrected chi connectivity index (χ0v) is 13.7. The van der Waals surface area contributed by atoms with Gasteiger partial charge in [0.1, 0.15) is 11.5 Å². The molecular formula is C15H18N2O4S. The fraction of sp³-hybridized carbons (Fsp3) is 0.267. The summed E-state index contributed by atoms with van der Waals surface area (Å²) in [4.78, 5) is 4.13. The van der Waals surface area contributed by atoms with E-state index in [9.17, 15) is 8.42 Å². The molecule has 0 aliphatic rings. The van der Waals surface area contributed by atoms with Crippen LogP contribution >= 0.6 is 0 Å². The maximum absolute atomic E-state index is 11.4. The van der Waals surface area contributed by atoms with Crippen molar-refractivity contribution in [3.05, 3.63) is 36.2 Å². The summed E-state index contributed by atoms with van der Waals surface area (Å²) in [7, 11) is -0.342. The van der Waals surface area contributed by atoms with Crippen LogP contribution < -0.4 is 14.2 Å². The van der Waals surface area contributed by atoms with E-state index in [0.29, 0.717) is 17.2 Å². The summed E-state index contributed by atoms with van der Waals surface area (Å²) in [6, 6.07) is 5.12. The van der Waals surface area contributed by atoms with Gasteiger partial charge in [0, 0.05) is 30.1 Å². The number of nitrogens with zero attached hydrogens (tertiary/aromatic N) is 1. The summed E-state index contributed by atoms with van der Waals surface area (Å²) in [6.07, 6.45) is 4.52. The Morgan fingerprint density at radius 2 is 1.73 bits per heavy atom. The molecule has 1 N–H and O–H groups in total. The second kappa shape index (κ2) is 6.23. The van der Waals surface area contributed by atoms with Gasteiger partial charge in [0.25, 0.3) is 0 Å². The van der Waals surface area contributed by atoms with E-state index < -0.39 is 10.0 Å². The standard InChI is InChI=1S/C15H18N2O4S/c1-10-5-6-16-9-12(10)15-13(20-2)7-11(8-14(15)21-3)17-22(4,18)19/h5-9,17H,1-4H3. The van der Waals surface area contributed by atoms with Gasteiger partial charge in [-0.3, -0.25) is 9.71 Å². The first kappa shape index (κ1) is 16.1. The first-order valence-electron chi connectivity index (χ1n) is 6.50. The van der Waals surface area contributed by atoms with Gasteiger partial charge >= 0.3 is 0 Å². The Hall–Kier alpha value is -2.28. The fourth-order valence-corrected chi connectivity index (χ4v) is 2.72. The number of aryl methyl sites for hydroxylation is 1. The number of rotatable bonds is 5. The number of hydrogen-bond acceptors (Lipinski definition) is 5. The predicted molar refractivity (Wildman–Crippen MR) is 86.0 cm³/mol. The van der Waals surface area contributed by atoms with Gasteiger partial charge in [-0.25, -0.2) is 8.42 Å². The van der Waals surface area contributed by atoms with Gasteiger partial charge in [-0.1, -0.05) is 0 Å². The summed E-state index contributed by atoms with van der Waals surface area (Å²) in [5.74, 6) is 1.00. The van der Waals surface area contributed by atoms with E-state index in [2.05, 4.69) is 9.71 Å². The third-order valence-electron chi connectivity index (χ3n) is 3.12. The van der Waals surface area contributed by atoms with E-state index >= 15 is 0 Å². The summed E-state index contributed by atoms with van der Waals surface area (Å²) in [6.45, 7) is 1.96. The molecule has 0 aliphatic carbocycles. The number of methoxy groups -OCH3 is 2. The highest BCUT2D eigenvalue weighted by Crippen LogP contribution is 2.42. The number of ether oxygens (including phenoxy) is 2. The van der Waals surface area contributed by atoms with Crippen LogP contribution in [0.2, 0.25) is 0 Å². The van der Waals surface area contributed by atoms with Crippen LogP contribution in [0, 0.1) is 6.92 Å². The molecule has 0 saturated heterocycles. The number of aromatic nitrogens is 1. The third-order valence-corrected chi connectivity index (χ3v) is 3.72. The van der Waals surface area contributed by atoms with Crippen LogP contribution in [-0.4, -0.2) is 33.9 Å². The zero-order chi connectivity index (χ0) is 16.3. The summed E-state index contributed by atoms with van der Waals surface area (Å²) in [5.41, 5.74) is 2.98. The Morgan fingerprint density at radius 1 is 1.14 bits per heavy atom. The monoisotopic (exact) mass is 322 g/mol. The molecule has 0 saturated carbocycles. The van der Waals surface area contributed by atoms with E-state index in [-0.39, 0.29) is 0 Å². The lowest BCUT2D eigenvalue weighted by molar-refractivity contribution is 0.398. The molecule has 1 heterocycles. The van der Waals surface area contributed by atoms with Crippen LogP contribution in [0.15, 0.2) is 30.6 Å². The fourth-order valence-electron chi connectivity index (χ4n) is 2.18. The van der Waals surface area contributed by atoms with E-state index in [1.165, 1.54) is 14.2 Å². The highest BCUT2D eigenvalue weighted by molar-refractivity contribution is 7.92. The van der Waals surface area contributed by atoms with Gasteiger partial charge in [0.15, 0.2) is 0 Å². The lowest BCUT2D eigenvalue weighted by Gasteiger charge is -2.17. The highest BCUT2D eigenvalue weighted by Gasteiger charge is 2.17. The highest BCUT2D eigenvalue weighted by atomic mass is 32.2. The molecule has 0 unspecified atom stereocenters. The van der Waals surface area contributed by atoms with Gasteiger partial charge in [0.2, 0.25) is 10.0 Å². The molecule has 118 valence electrons. The number of benzene rings is 1. The van der Waals surface area contributed by atoms with Gasteiger partial charge in [-0.2, -0.15) is 0 Å². The van der Waals surface area contributed by atoms with Crippen molar-refractivity contribution in [1.82, 2.24) is 4.98 Å². The molecule has 0 amide bonds.